The fraction of sp³-hybridized carbons (Fsp3) is 0.512. The number of rotatable bonds is 21. The number of amides is 1. The standard InChI is InChI=1S/C41H55N3O9S2/c1-8-54-41(55-9-2)31-14-13-17-44(31)40(45)28-23-35(47-4)36(24-29(28)42)52-19-12-10-11-18-51-32-16-15-26(20-34(32)46-3)30-25-33(53-43-30)27-21-37(48-5)39(50-7)38(22-27)49-6/h15-16,20-24,31,33,41H,8-14,17-19,25,42H2,1-7H3/t31-,33?/m0/s1. The number of likely N-dealkylation sites (tertiary alicyclic amines) is 1. The maximum absolute atomic E-state index is 13.8. The van der Waals surface area contributed by atoms with Crippen molar-refractivity contribution in [2.75, 3.05) is 72.5 Å². The summed E-state index contributed by atoms with van der Waals surface area (Å²) in [6.07, 6.45) is 4.76. The van der Waals surface area contributed by atoms with Crippen molar-refractivity contribution in [3.63, 3.8) is 0 Å². The highest BCUT2D eigenvalue weighted by molar-refractivity contribution is 8.17. The number of nitrogen functional groups attached to an aromatic ring is 1. The van der Waals surface area contributed by atoms with Crippen LogP contribution >= 0.6 is 23.5 Å². The number of methoxy groups -OCH3 is 5. The average Bonchev–Trinajstić information content (AvgIpc) is 3.91. The number of anilines is 1. The average molecular weight is 798 g/mol. The summed E-state index contributed by atoms with van der Waals surface area (Å²) in [5.74, 6) is 5.93. The minimum Gasteiger partial charge on any atom is -0.493 e. The molecule has 0 radical (unpaired) electrons. The van der Waals surface area contributed by atoms with E-state index < -0.39 is 0 Å². The topological polar surface area (TPSA) is 133 Å². The lowest BCUT2D eigenvalue weighted by Crippen LogP contribution is -2.41. The van der Waals surface area contributed by atoms with Gasteiger partial charge in [0.05, 0.1) is 70.7 Å². The third kappa shape index (κ3) is 10.1. The molecular formula is C41H55N3O9S2. The quantitative estimate of drug-likeness (QED) is 0.0633. The van der Waals surface area contributed by atoms with Gasteiger partial charge < -0.3 is 48.6 Å². The number of hydrogen-bond donors (Lipinski definition) is 1. The van der Waals surface area contributed by atoms with Crippen LogP contribution in [0, 0.1) is 0 Å². The van der Waals surface area contributed by atoms with Crippen LogP contribution in [0.4, 0.5) is 5.69 Å². The van der Waals surface area contributed by atoms with Crippen LogP contribution in [0.2, 0.25) is 0 Å². The molecule has 3 aromatic carbocycles. The molecule has 0 spiro atoms. The lowest BCUT2D eigenvalue weighted by atomic mass is 9.99. The molecular weight excluding hydrogens is 743 g/mol. The molecule has 0 bridgehead atoms. The number of nitrogens with zero attached hydrogens (tertiary/aromatic N) is 2. The largest absolute Gasteiger partial charge is 0.493 e. The predicted octanol–water partition coefficient (Wildman–Crippen LogP) is 8.24. The number of thioether (sulfide) groups is 2. The third-order valence-corrected chi connectivity index (χ3v) is 12.4. The van der Waals surface area contributed by atoms with Crippen molar-refractivity contribution in [2.24, 2.45) is 5.16 Å². The summed E-state index contributed by atoms with van der Waals surface area (Å²) in [5, 5.41) is 4.37. The highest BCUT2D eigenvalue weighted by Gasteiger charge is 2.36. The SMILES string of the molecule is CCSC(SCC)[C@@H]1CCCN1C(=O)c1cc(OC)c(OCCCCCOc2ccc(C3=NOC(c4cc(OC)c(OC)c(OC)c4)C3)cc2OC)cc1N. The van der Waals surface area contributed by atoms with E-state index in [-0.39, 0.29) is 18.1 Å². The van der Waals surface area contributed by atoms with Gasteiger partial charge in [0.1, 0.15) is 0 Å². The van der Waals surface area contributed by atoms with Gasteiger partial charge in [-0.05, 0) is 80.0 Å². The van der Waals surface area contributed by atoms with Gasteiger partial charge in [0.25, 0.3) is 5.91 Å². The first-order chi connectivity index (χ1) is 26.8. The minimum absolute atomic E-state index is 0.0445. The monoisotopic (exact) mass is 797 g/mol. The van der Waals surface area contributed by atoms with Crippen LogP contribution < -0.4 is 38.9 Å². The Morgan fingerprint density at radius 1 is 0.818 bits per heavy atom. The van der Waals surface area contributed by atoms with E-state index in [9.17, 15) is 4.79 Å². The molecule has 1 saturated heterocycles. The lowest BCUT2D eigenvalue weighted by Gasteiger charge is -2.31. The zero-order valence-electron chi connectivity index (χ0n) is 33.0. The molecule has 55 heavy (non-hydrogen) atoms. The molecule has 1 unspecified atom stereocenters. The maximum Gasteiger partial charge on any atom is 0.256 e. The Morgan fingerprint density at radius 3 is 2.07 bits per heavy atom. The number of unbranched alkanes of at least 4 members (excludes halogenated alkanes) is 2. The molecule has 300 valence electrons. The molecule has 1 amide bonds. The van der Waals surface area contributed by atoms with Crippen LogP contribution in [0.3, 0.4) is 0 Å². The summed E-state index contributed by atoms with van der Waals surface area (Å²) < 4.78 is 40.3. The Bertz CT molecular complexity index is 1740. The van der Waals surface area contributed by atoms with Gasteiger partial charge in [0.15, 0.2) is 40.6 Å². The molecule has 12 nitrogen and oxygen atoms in total. The number of ether oxygens (including phenoxy) is 7. The van der Waals surface area contributed by atoms with Gasteiger partial charge in [-0.3, -0.25) is 4.79 Å². The van der Waals surface area contributed by atoms with Crippen molar-refractivity contribution in [3.05, 3.63) is 59.2 Å². The number of nitrogens with two attached hydrogens (primary N) is 1. The van der Waals surface area contributed by atoms with Gasteiger partial charge >= 0.3 is 0 Å². The number of carbonyl (C=O) groups excluding carboxylic acids is 1. The van der Waals surface area contributed by atoms with Gasteiger partial charge in [-0.1, -0.05) is 19.0 Å². The minimum atomic E-state index is -0.308. The molecule has 0 aliphatic carbocycles. The van der Waals surface area contributed by atoms with Gasteiger partial charge in [0.2, 0.25) is 5.75 Å². The van der Waals surface area contributed by atoms with Gasteiger partial charge in [0, 0.05) is 35.8 Å². The smallest absolute Gasteiger partial charge is 0.256 e. The molecule has 2 aliphatic heterocycles. The summed E-state index contributed by atoms with van der Waals surface area (Å²) in [7, 11) is 7.95. The first-order valence-electron chi connectivity index (χ1n) is 18.8. The molecule has 14 heteroatoms. The Labute approximate surface area is 333 Å². The van der Waals surface area contributed by atoms with Crippen molar-refractivity contribution in [2.45, 2.75) is 69.1 Å². The van der Waals surface area contributed by atoms with E-state index in [1.165, 1.54) is 0 Å². The van der Waals surface area contributed by atoms with Gasteiger partial charge in [-0.15, -0.1) is 23.5 Å². The van der Waals surface area contributed by atoms with Crippen molar-refractivity contribution < 1.29 is 42.8 Å². The first kappa shape index (κ1) is 41.9. The Kier molecular flexibility index (Phi) is 15.7. The Hall–Kier alpha value is -4.30. The number of oxime groups is 1. The normalized spacial score (nSPS) is 16.4. The number of benzene rings is 3. The molecule has 3 aromatic rings. The molecule has 0 saturated carbocycles. The van der Waals surface area contributed by atoms with Crippen LogP contribution in [0.15, 0.2) is 47.6 Å². The molecule has 1 fully saturated rings. The van der Waals surface area contributed by atoms with E-state index in [0.717, 1.165) is 67.0 Å². The molecule has 2 aliphatic rings. The highest BCUT2D eigenvalue weighted by Crippen LogP contribution is 2.43. The van der Waals surface area contributed by atoms with E-state index in [1.807, 2.05) is 58.8 Å². The first-order valence-corrected chi connectivity index (χ1v) is 20.9. The molecule has 2 heterocycles. The highest BCUT2D eigenvalue weighted by atomic mass is 32.2. The fourth-order valence-electron chi connectivity index (χ4n) is 6.84. The number of hydrogen-bond acceptors (Lipinski definition) is 13. The van der Waals surface area contributed by atoms with Crippen molar-refractivity contribution >= 4 is 40.8 Å². The second-order valence-corrected chi connectivity index (χ2v) is 16.1. The van der Waals surface area contributed by atoms with Crippen LogP contribution in [-0.2, 0) is 4.84 Å². The third-order valence-electron chi connectivity index (χ3n) is 9.63. The zero-order chi connectivity index (χ0) is 39.3. The van der Waals surface area contributed by atoms with Gasteiger partial charge in [-0.2, -0.15) is 0 Å². The van der Waals surface area contributed by atoms with Crippen LogP contribution in [-0.4, -0.2) is 94.0 Å². The van der Waals surface area contributed by atoms with E-state index in [4.69, 9.17) is 43.7 Å². The molecule has 2 atom stereocenters. The van der Waals surface area contributed by atoms with Crippen LogP contribution in [0.1, 0.15) is 80.0 Å². The predicted molar refractivity (Wildman–Crippen MR) is 220 cm³/mol. The van der Waals surface area contributed by atoms with E-state index in [2.05, 4.69) is 19.0 Å². The summed E-state index contributed by atoms with van der Waals surface area (Å²) in [6.45, 7) is 6.06. The van der Waals surface area contributed by atoms with Crippen molar-refractivity contribution in [1.29, 1.82) is 0 Å². The molecule has 0 aromatic heterocycles. The van der Waals surface area contributed by atoms with Crippen molar-refractivity contribution in [3.8, 4) is 40.2 Å². The lowest BCUT2D eigenvalue weighted by molar-refractivity contribution is 0.0746. The second-order valence-electron chi connectivity index (χ2n) is 13.0. The van der Waals surface area contributed by atoms with E-state index in [0.29, 0.717) is 75.7 Å². The zero-order valence-corrected chi connectivity index (χ0v) is 34.6. The van der Waals surface area contributed by atoms with E-state index >= 15 is 0 Å². The van der Waals surface area contributed by atoms with Crippen LogP contribution in [0.5, 0.6) is 40.2 Å². The molecule has 5 rings (SSSR count). The summed E-state index contributed by atoms with van der Waals surface area (Å²) in [5.41, 5.74) is 9.87. The number of carbonyl (C=O) groups is 1. The summed E-state index contributed by atoms with van der Waals surface area (Å²) in [4.78, 5) is 21.6. The van der Waals surface area contributed by atoms with E-state index in [1.54, 1.807) is 47.7 Å². The van der Waals surface area contributed by atoms with Gasteiger partial charge in [-0.25, -0.2) is 0 Å². The maximum atomic E-state index is 13.8. The molecule has 2 N–H and O–H groups in total. The Morgan fingerprint density at radius 2 is 1.45 bits per heavy atom. The van der Waals surface area contributed by atoms with Crippen molar-refractivity contribution in [1.82, 2.24) is 4.90 Å². The fourth-order valence-corrected chi connectivity index (χ4v) is 9.71. The summed E-state index contributed by atoms with van der Waals surface area (Å²) >= 11 is 3.83. The second kappa shape index (κ2) is 20.6. The Balaban J connectivity index is 1.09. The van der Waals surface area contributed by atoms with Crippen LogP contribution in [0.25, 0.3) is 0 Å². The summed E-state index contributed by atoms with van der Waals surface area (Å²) in [6, 6.07) is 13.1.